The Morgan fingerprint density at radius 1 is 1.23 bits per heavy atom. The first-order valence-corrected chi connectivity index (χ1v) is 11.8. The predicted molar refractivity (Wildman–Crippen MR) is 124 cm³/mol. The van der Waals surface area contributed by atoms with Gasteiger partial charge < -0.3 is 15.1 Å². The van der Waals surface area contributed by atoms with Gasteiger partial charge in [0.2, 0.25) is 0 Å². The van der Waals surface area contributed by atoms with Crippen LogP contribution < -0.4 is 15.7 Å². The fourth-order valence-corrected chi connectivity index (χ4v) is 5.29. The highest BCUT2D eigenvalue weighted by Gasteiger charge is 2.41. The third-order valence-electron chi connectivity index (χ3n) is 7.14. The number of aryl methyl sites for hydroxylation is 1. The number of pyridine rings is 1. The van der Waals surface area contributed by atoms with Crippen molar-refractivity contribution < 1.29 is 4.84 Å². The van der Waals surface area contributed by atoms with Crippen molar-refractivity contribution in [3.8, 4) is 5.75 Å². The van der Waals surface area contributed by atoms with Gasteiger partial charge in [0.15, 0.2) is 5.75 Å². The maximum atomic E-state index is 12.2. The molecule has 2 aliphatic carbocycles. The lowest BCUT2D eigenvalue weighted by atomic mass is 9.90. The van der Waals surface area contributed by atoms with Gasteiger partial charge in [0.25, 0.3) is 5.56 Å². The van der Waals surface area contributed by atoms with E-state index in [9.17, 15) is 4.79 Å². The van der Waals surface area contributed by atoms with Crippen LogP contribution in [0.1, 0.15) is 62.3 Å². The Labute approximate surface area is 184 Å². The molecule has 2 heterocycles. The van der Waals surface area contributed by atoms with Gasteiger partial charge in [0.1, 0.15) is 0 Å². The van der Waals surface area contributed by atoms with E-state index in [0.717, 1.165) is 36.3 Å². The maximum absolute atomic E-state index is 12.2. The Bertz CT molecular complexity index is 1010. The molecular weight excluding hydrogens is 386 g/mol. The highest BCUT2D eigenvalue weighted by atomic mass is 16.7. The molecule has 3 aliphatic rings. The number of fused-ring (bicyclic) bond motifs is 1. The number of nitrogens with one attached hydrogen (secondary N) is 2. The van der Waals surface area contributed by atoms with Crippen molar-refractivity contribution in [1.82, 2.24) is 15.4 Å². The minimum Gasteiger partial charge on any atom is -0.405 e. The molecule has 1 aromatic heterocycles. The van der Waals surface area contributed by atoms with Gasteiger partial charge in [0.05, 0.1) is 12.1 Å². The van der Waals surface area contributed by atoms with Crippen molar-refractivity contribution in [2.45, 2.75) is 77.0 Å². The Morgan fingerprint density at radius 3 is 2.74 bits per heavy atom. The number of aromatic nitrogens is 1. The number of H-pyrrole nitrogens is 1. The van der Waals surface area contributed by atoms with Gasteiger partial charge in [-0.3, -0.25) is 4.79 Å². The van der Waals surface area contributed by atoms with Crippen molar-refractivity contribution in [3.05, 3.63) is 69.1 Å². The van der Waals surface area contributed by atoms with E-state index in [1.54, 1.807) is 5.57 Å². The zero-order valence-electron chi connectivity index (χ0n) is 18.6. The first kappa shape index (κ1) is 20.5. The Balaban J connectivity index is 1.12. The van der Waals surface area contributed by atoms with Crippen LogP contribution in [0.2, 0.25) is 0 Å². The fourth-order valence-electron chi connectivity index (χ4n) is 5.29. The van der Waals surface area contributed by atoms with Crippen molar-refractivity contribution >= 4 is 6.08 Å². The molecule has 2 saturated carbocycles. The van der Waals surface area contributed by atoms with Crippen LogP contribution in [0.3, 0.4) is 0 Å². The van der Waals surface area contributed by atoms with Gasteiger partial charge in [0, 0.05) is 29.9 Å². The van der Waals surface area contributed by atoms with E-state index >= 15 is 0 Å². The summed E-state index contributed by atoms with van der Waals surface area (Å²) in [6.45, 7) is 4.77. The Morgan fingerprint density at radius 2 is 2.00 bits per heavy atom. The van der Waals surface area contributed by atoms with E-state index in [-0.39, 0.29) is 5.56 Å². The predicted octanol–water partition coefficient (Wildman–Crippen LogP) is 4.58. The molecule has 1 aliphatic heterocycles. The van der Waals surface area contributed by atoms with E-state index in [0.29, 0.717) is 30.6 Å². The van der Waals surface area contributed by atoms with Crippen LogP contribution in [-0.4, -0.2) is 28.2 Å². The van der Waals surface area contributed by atoms with E-state index in [1.165, 1.54) is 24.8 Å². The van der Waals surface area contributed by atoms with E-state index in [2.05, 4.69) is 53.6 Å². The van der Waals surface area contributed by atoms with Crippen LogP contribution in [0.25, 0.3) is 6.08 Å². The molecule has 0 spiro atoms. The van der Waals surface area contributed by atoms with E-state index in [1.807, 2.05) is 18.1 Å². The molecule has 0 radical (unpaired) electrons. The van der Waals surface area contributed by atoms with Gasteiger partial charge in [-0.1, -0.05) is 48.9 Å². The number of nitrogens with zero attached hydrogens (tertiary/aromatic N) is 1. The van der Waals surface area contributed by atoms with E-state index in [4.69, 9.17) is 4.84 Å². The smallest absolute Gasteiger partial charge is 0.256 e. The Hall–Kier alpha value is -2.37. The molecule has 0 bridgehead atoms. The summed E-state index contributed by atoms with van der Waals surface area (Å²) in [5, 5.41) is 5.97. The molecule has 31 heavy (non-hydrogen) atoms. The lowest BCUT2D eigenvalue weighted by Gasteiger charge is -2.33. The monoisotopic (exact) mass is 419 g/mol. The van der Waals surface area contributed by atoms with Gasteiger partial charge >= 0.3 is 0 Å². The largest absolute Gasteiger partial charge is 0.405 e. The zero-order valence-corrected chi connectivity index (χ0v) is 18.6. The number of hydrogen-bond acceptors (Lipinski definition) is 4. The first-order valence-electron chi connectivity index (χ1n) is 11.8. The molecule has 0 unspecified atom stereocenters. The number of hydrogen-bond donors (Lipinski definition) is 2. The van der Waals surface area contributed by atoms with Gasteiger partial charge in [-0.05, 0) is 56.9 Å². The van der Waals surface area contributed by atoms with Crippen molar-refractivity contribution in [1.29, 1.82) is 0 Å². The third kappa shape index (κ3) is 4.48. The second-order valence-electron chi connectivity index (χ2n) is 9.40. The summed E-state index contributed by atoms with van der Waals surface area (Å²) in [7, 11) is 0. The maximum Gasteiger partial charge on any atom is 0.256 e. The number of aromatic amines is 1. The van der Waals surface area contributed by atoms with Crippen LogP contribution in [0.4, 0.5) is 0 Å². The van der Waals surface area contributed by atoms with Crippen molar-refractivity contribution in [2.75, 3.05) is 0 Å². The summed E-state index contributed by atoms with van der Waals surface area (Å²) < 4.78 is 0. The quantitative estimate of drug-likeness (QED) is 0.720. The lowest BCUT2D eigenvalue weighted by molar-refractivity contribution is -0.0937. The Kier molecular flexibility index (Phi) is 5.72. The molecule has 2 N–H and O–H groups in total. The van der Waals surface area contributed by atoms with Crippen LogP contribution in [0.15, 0.2) is 46.8 Å². The van der Waals surface area contributed by atoms with Crippen LogP contribution >= 0.6 is 0 Å². The summed E-state index contributed by atoms with van der Waals surface area (Å²) >= 11 is 0. The van der Waals surface area contributed by atoms with Gasteiger partial charge in [-0.15, -0.1) is 5.06 Å². The number of hydroxylamine groups is 2. The molecule has 5 heteroatoms. The summed E-state index contributed by atoms with van der Waals surface area (Å²) in [6.07, 6.45) is 9.33. The highest BCUT2D eigenvalue weighted by Crippen LogP contribution is 2.41. The molecule has 2 aromatic rings. The molecule has 2 fully saturated rings. The normalized spacial score (nSPS) is 28.3. The average molecular weight is 420 g/mol. The third-order valence-corrected chi connectivity index (χ3v) is 7.14. The molecule has 5 nitrogen and oxygen atoms in total. The molecule has 0 saturated heterocycles. The molecule has 0 amide bonds. The second-order valence-corrected chi connectivity index (χ2v) is 9.40. The number of benzene rings is 1. The van der Waals surface area contributed by atoms with Gasteiger partial charge in [-0.25, -0.2) is 0 Å². The second kappa shape index (κ2) is 8.64. The fraction of sp³-hybridized carbons (Fsp3) is 0.500. The SMILES string of the molecule is CC/C(=C\c1ccccc1)[C@@H]1C[C@H]1NC1CCC(N2Cc3c(cc(C)[nH]c3=O)O2)CC1. The molecule has 1 aromatic carbocycles. The summed E-state index contributed by atoms with van der Waals surface area (Å²) in [5.41, 5.74) is 4.49. The van der Waals surface area contributed by atoms with Crippen LogP contribution in [0, 0.1) is 12.8 Å². The van der Waals surface area contributed by atoms with Crippen LogP contribution in [0.5, 0.6) is 5.75 Å². The average Bonchev–Trinajstić information content (AvgIpc) is 3.39. The molecule has 164 valence electrons. The summed E-state index contributed by atoms with van der Waals surface area (Å²) in [4.78, 5) is 21.1. The zero-order chi connectivity index (χ0) is 21.4. The molecule has 2 atom stereocenters. The van der Waals surface area contributed by atoms with E-state index < -0.39 is 0 Å². The number of rotatable bonds is 6. The summed E-state index contributed by atoms with van der Waals surface area (Å²) in [5.74, 6) is 1.42. The minimum absolute atomic E-state index is 0.0112. The lowest BCUT2D eigenvalue weighted by Crippen LogP contribution is -2.42. The minimum atomic E-state index is -0.0112. The molecular formula is C26H33N3O2. The first-order chi connectivity index (χ1) is 15.1. The van der Waals surface area contributed by atoms with Crippen molar-refractivity contribution in [2.24, 2.45) is 5.92 Å². The highest BCUT2D eigenvalue weighted by molar-refractivity contribution is 5.54. The van der Waals surface area contributed by atoms with Gasteiger partial charge in [-0.2, -0.15) is 0 Å². The summed E-state index contributed by atoms with van der Waals surface area (Å²) in [6, 6.07) is 14.2. The topological polar surface area (TPSA) is 57.4 Å². The van der Waals surface area contributed by atoms with Crippen LogP contribution in [-0.2, 0) is 6.54 Å². The molecule has 5 rings (SSSR count). The van der Waals surface area contributed by atoms with Crippen molar-refractivity contribution in [3.63, 3.8) is 0 Å². The standard InChI is InChI=1S/C26H33N3O2/c1-3-19(14-18-7-5-4-6-8-18)22-15-24(22)28-20-9-11-21(12-10-20)29-16-23-25(31-29)13-17(2)27-26(23)30/h4-8,13-14,20-22,24,28H,3,9-12,15-16H2,1-2H3,(H,27,30)/b19-14+/t20?,21?,22-,24+/m0/s1.